The molecule has 0 aliphatic rings. The molecule has 0 amide bonds. The summed E-state index contributed by atoms with van der Waals surface area (Å²) < 4.78 is 13.7. The van der Waals surface area contributed by atoms with Gasteiger partial charge < -0.3 is 16.3 Å². The van der Waals surface area contributed by atoms with Crippen molar-refractivity contribution in [3.8, 4) is 0 Å². The first-order valence-electron chi connectivity index (χ1n) is 6.64. The van der Waals surface area contributed by atoms with Crippen LogP contribution in [-0.2, 0) is 0 Å². The van der Waals surface area contributed by atoms with Gasteiger partial charge in [-0.1, -0.05) is 37.0 Å². The van der Waals surface area contributed by atoms with Crippen LogP contribution in [0.1, 0.15) is 33.1 Å². The Labute approximate surface area is 137 Å². The minimum atomic E-state index is -0.377. The molecule has 0 aliphatic heterocycles. The van der Waals surface area contributed by atoms with Crippen LogP contribution in [0.3, 0.4) is 0 Å². The number of amidine groups is 1. The van der Waals surface area contributed by atoms with Crippen molar-refractivity contribution in [2.24, 2.45) is 16.3 Å². The quantitative estimate of drug-likeness (QED) is 0.213. The van der Waals surface area contributed by atoms with Gasteiger partial charge in [0.25, 0.3) is 0 Å². The van der Waals surface area contributed by atoms with E-state index in [0.717, 1.165) is 19.3 Å². The molecular weight excluding hydrogens is 361 g/mol. The molecule has 0 saturated heterocycles. The Morgan fingerprint density at radius 2 is 2.14 bits per heavy atom. The second-order valence-corrected chi connectivity index (χ2v) is 6.76. The predicted molar refractivity (Wildman–Crippen MR) is 88.6 cm³/mol. The van der Waals surface area contributed by atoms with Crippen LogP contribution in [0.5, 0.6) is 0 Å². The van der Waals surface area contributed by atoms with E-state index in [9.17, 15) is 4.39 Å². The maximum atomic E-state index is 13.1. The molecule has 1 rings (SSSR count). The number of benzene rings is 1. The number of unbranched alkanes of at least 4 members (excludes halogenated alkanes) is 1. The third-order valence-electron chi connectivity index (χ3n) is 3.34. The molecule has 1 aromatic rings. The summed E-state index contributed by atoms with van der Waals surface area (Å²) in [7, 11) is 0. The lowest BCUT2D eigenvalue weighted by atomic mass is 9.86. The molecule has 118 valence electrons. The summed E-state index contributed by atoms with van der Waals surface area (Å²) in [5, 5.41) is 15.3. The number of hydrogen-bond acceptors (Lipinski definition) is 3. The molecule has 4 nitrogen and oxygen atoms in total. The normalized spacial score (nSPS) is 12.5. The molecule has 0 fully saturated rings. The maximum absolute atomic E-state index is 13.1. The smallest absolute Gasteiger partial charge is 0.144 e. The summed E-state index contributed by atoms with van der Waals surface area (Å²) >= 11 is 9.27. The van der Waals surface area contributed by atoms with Crippen LogP contribution >= 0.6 is 27.5 Å². The Morgan fingerprint density at radius 1 is 1.48 bits per heavy atom. The highest BCUT2D eigenvalue weighted by Crippen LogP contribution is 2.31. The summed E-state index contributed by atoms with van der Waals surface area (Å²) in [6, 6.07) is 2.64. The van der Waals surface area contributed by atoms with Crippen LogP contribution in [0.15, 0.2) is 21.8 Å². The van der Waals surface area contributed by atoms with Gasteiger partial charge in [0.2, 0.25) is 0 Å². The van der Waals surface area contributed by atoms with Crippen molar-refractivity contribution in [2.45, 2.75) is 33.1 Å². The second kappa shape index (κ2) is 7.84. The first-order valence-corrected chi connectivity index (χ1v) is 7.81. The lowest BCUT2D eigenvalue weighted by Gasteiger charge is -2.22. The van der Waals surface area contributed by atoms with Crippen molar-refractivity contribution in [1.82, 2.24) is 0 Å². The number of nitrogens with zero attached hydrogens (tertiary/aromatic N) is 1. The van der Waals surface area contributed by atoms with E-state index in [0.29, 0.717) is 21.7 Å². The van der Waals surface area contributed by atoms with Crippen LogP contribution in [0.25, 0.3) is 0 Å². The van der Waals surface area contributed by atoms with Crippen molar-refractivity contribution >= 4 is 39.1 Å². The molecule has 0 atom stereocenters. The molecule has 0 bridgehead atoms. The zero-order valence-electron chi connectivity index (χ0n) is 12.1. The minimum absolute atomic E-state index is 0.236. The van der Waals surface area contributed by atoms with Crippen LogP contribution in [0, 0.1) is 11.2 Å². The van der Waals surface area contributed by atoms with Gasteiger partial charge in [-0.3, -0.25) is 0 Å². The molecule has 21 heavy (non-hydrogen) atoms. The number of hydrogen-bond donors (Lipinski definition) is 3. The molecule has 0 unspecified atom stereocenters. The highest BCUT2D eigenvalue weighted by atomic mass is 79.9. The number of nitrogens with one attached hydrogen (secondary N) is 1. The molecular formula is C14H20BrClFN3O. The first kappa shape index (κ1) is 18.0. The van der Waals surface area contributed by atoms with E-state index in [1.165, 1.54) is 12.1 Å². The van der Waals surface area contributed by atoms with Gasteiger partial charge in [-0.15, -0.1) is 0 Å². The Balaban J connectivity index is 2.42. The average Bonchev–Trinajstić information content (AvgIpc) is 2.39. The van der Waals surface area contributed by atoms with Gasteiger partial charge in [-0.25, -0.2) is 4.39 Å². The average molecular weight is 381 g/mol. The van der Waals surface area contributed by atoms with Gasteiger partial charge in [-0.2, -0.15) is 0 Å². The monoisotopic (exact) mass is 379 g/mol. The molecule has 0 aromatic heterocycles. The number of anilines is 1. The summed E-state index contributed by atoms with van der Waals surface area (Å²) in [6.45, 7) is 4.57. The van der Waals surface area contributed by atoms with Gasteiger partial charge in [0, 0.05) is 16.4 Å². The zero-order valence-corrected chi connectivity index (χ0v) is 14.4. The Kier molecular flexibility index (Phi) is 6.74. The molecule has 7 heteroatoms. The number of oxime groups is 1. The summed E-state index contributed by atoms with van der Waals surface area (Å²) in [4.78, 5) is 0. The molecule has 0 aliphatic carbocycles. The number of halogens is 3. The summed E-state index contributed by atoms with van der Waals surface area (Å²) in [5.41, 5.74) is 5.99. The van der Waals surface area contributed by atoms with E-state index in [2.05, 4.69) is 26.4 Å². The van der Waals surface area contributed by atoms with Crippen LogP contribution < -0.4 is 11.1 Å². The van der Waals surface area contributed by atoms with Crippen LogP contribution in [-0.4, -0.2) is 17.6 Å². The lowest BCUT2D eigenvalue weighted by molar-refractivity contribution is 0.304. The van der Waals surface area contributed by atoms with Gasteiger partial charge in [0.15, 0.2) is 0 Å². The van der Waals surface area contributed by atoms with Crippen molar-refractivity contribution < 1.29 is 9.60 Å². The number of rotatable bonds is 7. The van der Waals surface area contributed by atoms with Gasteiger partial charge in [0.1, 0.15) is 11.7 Å². The van der Waals surface area contributed by atoms with Crippen LogP contribution in [0.2, 0.25) is 5.02 Å². The fraction of sp³-hybridized carbons (Fsp3) is 0.500. The van der Waals surface area contributed by atoms with Crippen molar-refractivity contribution in [1.29, 1.82) is 0 Å². The van der Waals surface area contributed by atoms with Gasteiger partial charge in [0.05, 0.1) is 10.7 Å². The van der Waals surface area contributed by atoms with E-state index < -0.39 is 0 Å². The Morgan fingerprint density at radius 3 is 2.71 bits per heavy atom. The Bertz CT molecular complexity index is 500. The third kappa shape index (κ3) is 5.36. The molecule has 0 radical (unpaired) electrons. The maximum Gasteiger partial charge on any atom is 0.144 e. The van der Waals surface area contributed by atoms with Crippen molar-refractivity contribution in [3.63, 3.8) is 0 Å². The first-order chi connectivity index (χ1) is 9.77. The van der Waals surface area contributed by atoms with E-state index in [1.807, 2.05) is 13.8 Å². The van der Waals surface area contributed by atoms with Crippen molar-refractivity contribution in [3.05, 3.63) is 27.4 Å². The minimum Gasteiger partial charge on any atom is -0.409 e. The van der Waals surface area contributed by atoms with Crippen molar-refractivity contribution in [2.75, 3.05) is 11.9 Å². The molecule has 0 heterocycles. The summed E-state index contributed by atoms with van der Waals surface area (Å²) in [6.07, 6.45) is 2.61. The largest absolute Gasteiger partial charge is 0.409 e. The Hall–Kier alpha value is -1.01. The predicted octanol–water partition coefficient (Wildman–Crippen LogP) is 4.60. The number of nitrogens with two attached hydrogens (primary N) is 1. The summed E-state index contributed by atoms with van der Waals surface area (Å²) in [5.74, 6) is -0.141. The second-order valence-electron chi connectivity index (χ2n) is 5.50. The highest BCUT2D eigenvalue weighted by molar-refractivity contribution is 9.10. The zero-order chi connectivity index (χ0) is 16.0. The molecule has 0 saturated carbocycles. The fourth-order valence-electron chi connectivity index (χ4n) is 1.88. The third-order valence-corrected chi connectivity index (χ3v) is 4.26. The van der Waals surface area contributed by atoms with E-state index >= 15 is 0 Å². The SMILES string of the molecule is CC(C)(CCCCNc1c(Cl)cc(F)cc1Br)C(N)=NO. The molecule has 1 aromatic carbocycles. The van der Waals surface area contributed by atoms with Gasteiger partial charge >= 0.3 is 0 Å². The fourth-order valence-corrected chi connectivity index (χ4v) is 2.84. The van der Waals surface area contributed by atoms with E-state index in [-0.39, 0.29) is 17.1 Å². The van der Waals surface area contributed by atoms with E-state index in [4.69, 9.17) is 22.5 Å². The molecule has 0 spiro atoms. The topological polar surface area (TPSA) is 70.6 Å². The van der Waals surface area contributed by atoms with Gasteiger partial charge in [-0.05, 0) is 40.9 Å². The highest BCUT2D eigenvalue weighted by Gasteiger charge is 2.22. The standard InChI is InChI=1S/C14H20BrClFN3O/c1-14(2,13(18)20-21)5-3-4-6-19-12-10(15)7-9(17)8-11(12)16/h7-8,19,21H,3-6H2,1-2H3,(H2,18,20). The lowest BCUT2D eigenvalue weighted by Crippen LogP contribution is -2.31. The molecule has 4 N–H and O–H groups in total. The van der Waals surface area contributed by atoms with E-state index in [1.54, 1.807) is 0 Å². The van der Waals surface area contributed by atoms with Crippen LogP contribution in [0.4, 0.5) is 10.1 Å².